The van der Waals surface area contributed by atoms with Crippen LogP contribution in [-0.2, 0) is 9.53 Å². The van der Waals surface area contributed by atoms with E-state index in [0.29, 0.717) is 18.8 Å². The van der Waals surface area contributed by atoms with E-state index in [1.807, 2.05) is 24.4 Å². The van der Waals surface area contributed by atoms with E-state index in [2.05, 4.69) is 29.4 Å². The highest BCUT2D eigenvalue weighted by Crippen LogP contribution is 2.78. The van der Waals surface area contributed by atoms with E-state index in [0.717, 1.165) is 44.1 Å². The Hall–Kier alpha value is -2.65. The zero-order valence-corrected chi connectivity index (χ0v) is 39.6. The van der Waals surface area contributed by atoms with Crippen molar-refractivity contribution >= 4 is 5.78 Å². The van der Waals surface area contributed by atoms with Crippen LogP contribution in [0.4, 0.5) is 0 Å². The quantitative estimate of drug-likeness (QED) is 0.117. The van der Waals surface area contributed by atoms with E-state index in [1.54, 1.807) is 19.9 Å². The summed E-state index contributed by atoms with van der Waals surface area (Å²) in [6, 6.07) is 0. The summed E-state index contributed by atoms with van der Waals surface area (Å²) in [5.74, 6) is 2.67. The summed E-state index contributed by atoms with van der Waals surface area (Å²) in [5, 5.41) is 121. The van der Waals surface area contributed by atoms with Gasteiger partial charge in [-0.2, -0.15) is 0 Å². The van der Waals surface area contributed by atoms with Crippen molar-refractivity contribution in [2.24, 2.45) is 63.4 Å². The average molecular weight is 932 g/mol. The first-order chi connectivity index (χ1) is 31.8. The third kappa shape index (κ3) is 6.65. The largest absolute Gasteiger partial charge is 0.395 e. The van der Waals surface area contributed by atoms with Gasteiger partial charge in [0.2, 0.25) is 0 Å². The third-order valence-electron chi connectivity index (χ3n) is 20.3. The van der Waals surface area contributed by atoms with Crippen LogP contribution in [0.2, 0.25) is 0 Å². The molecule has 1 saturated heterocycles. The van der Waals surface area contributed by atoms with Gasteiger partial charge in [-0.15, -0.1) is 5.92 Å². The van der Waals surface area contributed by atoms with Gasteiger partial charge in [-0.05, 0) is 125 Å². The predicted molar refractivity (Wildman–Crippen MR) is 247 cm³/mol. The minimum absolute atomic E-state index is 0.0177. The van der Waals surface area contributed by atoms with Crippen LogP contribution in [0.1, 0.15) is 124 Å². The second kappa shape index (κ2) is 16.7. The highest BCUT2D eigenvalue weighted by atomic mass is 16.5. The Labute approximate surface area is 395 Å². The molecular formula is C53H77N3O11. The second-order valence-electron chi connectivity index (χ2n) is 23.5. The first-order valence-corrected chi connectivity index (χ1v) is 25.8. The van der Waals surface area contributed by atoms with Crippen molar-refractivity contribution in [3.8, 4) is 11.8 Å². The number of nitrogens with two attached hydrogens (primary N) is 1. The lowest BCUT2D eigenvalue weighted by Gasteiger charge is -2.70. The number of Topliss-reactive ketones (excluding diaryl/α,β-unsaturated/α-hetero) is 1. The van der Waals surface area contributed by atoms with Gasteiger partial charge >= 0.3 is 0 Å². The van der Waals surface area contributed by atoms with Crippen LogP contribution in [0, 0.1) is 69.5 Å². The van der Waals surface area contributed by atoms with Gasteiger partial charge in [-0.3, -0.25) is 4.79 Å². The number of nitrogens with one attached hydrogen (secondary N) is 2. The van der Waals surface area contributed by atoms with Gasteiger partial charge in [0.15, 0.2) is 5.78 Å². The second-order valence-corrected chi connectivity index (χ2v) is 23.5. The molecule has 0 aromatic rings. The fourth-order valence-corrected chi connectivity index (χ4v) is 17.4. The maximum atomic E-state index is 16.1. The van der Waals surface area contributed by atoms with Crippen molar-refractivity contribution < 1.29 is 55.5 Å². The van der Waals surface area contributed by atoms with Crippen molar-refractivity contribution in [1.82, 2.24) is 10.6 Å². The van der Waals surface area contributed by atoms with E-state index in [4.69, 9.17) is 10.5 Å². The van der Waals surface area contributed by atoms with Gasteiger partial charge in [0.25, 0.3) is 0 Å². The summed E-state index contributed by atoms with van der Waals surface area (Å²) < 4.78 is 7.02. The van der Waals surface area contributed by atoms with Gasteiger partial charge in [0.05, 0.1) is 83.2 Å². The number of dihydropyridines is 1. The molecular weight excluding hydrogens is 855 g/mol. The number of allylic oxidation sites excluding steroid dienone is 4. The number of hydrogen-bond acceptors (Lipinski definition) is 14. The summed E-state index contributed by atoms with van der Waals surface area (Å²) in [6.45, 7) is 4.71. The van der Waals surface area contributed by atoms with E-state index >= 15 is 4.79 Å². The minimum atomic E-state index is -2.08. The van der Waals surface area contributed by atoms with Gasteiger partial charge in [-0.1, -0.05) is 50.3 Å². The molecule has 6 bridgehead atoms. The highest BCUT2D eigenvalue weighted by Gasteiger charge is 2.82. The maximum absolute atomic E-state index is 16.1. The number of rotatable bonds is 9. The Bertz CT molecular complexity index is 2170. The summed E-state index contributed by atoms with van der Waals surface area (Å²) in [6.07, 6.45) is 9.80. The maximum Gasteiger partial charge on any atom is 0.186 e. The fraction of sp³-hybridized carbons (Fsp3) is 0.792. The first kappa shape index (κ1) is 48.0. The van der Waals surface area contributed by atoms with Crippen LogP contribution >= 0.6 is 0 Å². The van der Waals surface area contributed by atoms with Crippen LogP contribution in [0.25, 0.3) is 0 Å². The van der Waals surface area contributed by atoms with E-state index < -0.39 is 117 Å². The van der Waals surface area contributed by atoms with Crippen LogP contribution < -0.4 is 16.4 Å². The molecule has 21 atom stereocenters. The van der Waals surface area contributed by atoms with Crippen molar-refractivity contribution in [2.45, 2.75) is 189 Å². The molecule has 3 spiro atoms. The molecule has 6 fully saturated rings. The van der Waals surface area contributed by atoms with Crippen LogP contribution in [0.15, 0.2) is 47.3 Å². The molecule has 14 nitrogen and oxygen atoms in total. The summed E-state index contributed by atoms with van der Waals surface area (Å²) >= 11 is 0. The molecule has 11 rings (SSSR count). The van der Waals surface area contributed by atoms with Crippen LogP contribution in [0.5, 0.6) is 0 Å². The highest BCUT2D eigenvalue weighted by molar-refractivity contribution is 6.03. The summed E-state index contributed by atoms with van der Waals surface area (Å²) in [5.41, 5.74) is -5.34. The van der Waals surface area contributed by atoms with Gasteiger partial charge < -0.3 is 67.1 Å². The number of aliphatic hydroxyl groups is 9. The number of fused-ring (bicyclic) bond motifs is 6. The molecule has 370 valence electrons. The summed E-state index contributed by atoms with van der Waals surface area (Å²) in [7, 11) is 0. The Kier molecular flexibility index (Phi) is 12.0. The molecule has 0 aromatic heterocycles. The van der Waals surface area contributed by atoms with E-state index in [-0.39, 0.29) is 81.2 Å². The third-order valence-corrected chi connectivity index (χ3v) is 20.3. The molecule has 14 heteroatoms. The number of ether oxygens (including phenoxy) is 1. The molecule has 0 amide bonds. The number of hydrogen-bond donors (Lipinski definition) is 12. The number of carbonyl (C=O) groups excluding carboxylic acids is 1. The van der Waals surface area contributed by atoms with Gasteiger partial charge in [0.1, 0.15) is 5.60 Å². The number of aliphatic hydroxyl groups excluding tert-OH is 5. The molecule has 21 unspecified atom stereocenters. The molecule has 0 aromatic carbocycles. The van der Waals surface area contributed by atoms with Gasteiger partial charge in [-0.25, -0.2) is 0 Å². The van der Waals surface area contributed by atoms with Crippen LogP contribution in [0.3, 0.4) is 0 Å². The number of carbonyl (C=O) groups is 1. The lowest BCUT2D eigenvalue weighted by atomic mass is 9.34. The number of ketones is 1. The predicted octanol–water partition coefficient (Wildman–Crippen LogP) is 2.10. The zero-order valence-electron chi connectivity index (χ0n) is 39.6. The Balaban J connectivity index is 1.19. The van der Waals surface area contributed by atoms with Crippen molar-refractivity contribution in [1.29, 1.82) is 0 Å². The topological polar surface area (TPSA) is 258 Å². The molecule has 2 aliphatic heterocycles. The zero-order chi connectivity index (χ0) is 47.7. The smallest absolute Gasteiger partial charge is 0.186 e. The van der Waals surface area contributed by atoms with Crippen molar-refractivity contribution in [3.63, 3.8) is 0 Å². The Morgan fingerprint density at radius 1 is 1.01 bits per heavy atom. The Morgan fingerprint density at radius 2 is 1.78 bits per heavy atom. The average Bonchev–Trinajstić information content (AvgIpc) is 3.63. The molecule has 67 heavy (non-hydrogen) atoms. The molecule has 0 radical (unpaired) electrons. The standard InChI is InChI=1S/C53H77N3O11/c1-4-7-30-10-13-34-38(14-11-30)67-46-41(34)35(59)9-6-19-53(46,66)47(3,63)39-17-21-52(65)42-43(56-25-29(2)58)45(62)48-18-5-8-33(27-57)51(39,52)28-50(64)20-16-31(32-12-15-40(54)55-26-32)22-49(48,44(42)50)24-37(61)36(60)23-48/h12,15-16,20,26,29-31,33-41,44,46,55-61,63-66H,4,6-7,9-11,13-14,17-19,21-25,27-28,54H2,1-3H3. The first-order valence-electron chi connectivity index (χ1n) is 25.8. The van der Waals surface area contributed by atoms with E-state index in [1.165, 1.54) is 0 Å². The van der Waals surface area contributed by atoms with Crippen LogP contribution in [-0.4, -0.2) is 130 Å². The van der Waals surface area contributed by atoms with Gasteiger partial charge in [0, 0.05) is 48.3 Å². The lowest BCUT2D eigenvalue weighted by molar-refractivity contribution is -0.276. The fourth-order valence-electron chi connectivity index (χ4n) is 17.4. The monoisotopic (exact) mass is 932 g/mol. The van der Waals surface area contributed by atoms with Crippen molar-refractivity contribution in [3.05, 3.63) is 47.3 Å². The SMILES string of the molecule is CCCC1CCC2OC3C(C(O)CCCC3(O)C(C)(O)C3CCC4(O)C5=C(NCC(C)O)C(=O)C67CC#CC(CO)C34CC3(O)C=CC(C4=CNC(N)C=C4)CC6(CC(O)C(O)C7)C53)C2CC1. The molecule has 2 heterocycles. The molecule has 11 aliphatic rings. The van der Waals surface area contributed by atoms with Crippen molar-refractivity contribution in [2.75, 3.05) is 13.2 Å². The van der Waals surface area contributed by atoms with E-state index in [9.17, 15) is 46.0 Å². The Morgan fingerprint density at radius 3 is 2.49 bits per heavy atom. The molecule has 5 saturated carbocycles. The lowest BCUT2D eigenvalue weighted by Crippen LogP contribution is -2.76. The normalized spacial score (nSPS) is 51.0. The molecule has 13 N–H and O–H groups in total. The molecule has 9 aliphatic carbocycles. The summed E-state index contributed by atoms with van der Waals surface area (Å²) in [4.78, 5) is 16.1. The minimum Gasteiger partial charge on any atom is -0.395 e.